The maximum Gasteiger partial charge on any atom is 0.325 e. The van der Waals surface area contributed by atoms with Gasteiger partial charge in [-0.15, -0.1) is 0 Å². The van der Waals surface area contributed by atoms with E-state index in [2.05, 4.69) is 30.1 Å². The van der Waals surface area contributed by atoms with Gasteiger partial charge >= 0.3 is 5.97 Å². The molecule has 1 amide bonds. The van der Waals surface area contributed by atoms with Crippen LogP contribution in [0.25, 0.3) is 0 Å². The molecule has 0 aliphatic carbocycles. The Labute approximate surface area is 190 Å². The van der Waals surface area contributed by atoms with Crippen molar-refractivity contribution in [2.75, 3.05) is 26.2 Å². The van der Waals surface area contributed by atoms with Gasteiger partial charge < -0.3 is 15.2 Å². The van der Waals surface area contributed by atoms with Crippen LogP contribution in [0.3, 0.4) is 0 Å². The summed E-state index contributed by atoms with van der Waals surface area (Å²) < 4.78 is 4.95. The molecule has 0 radical (unpaired) electrons. The first-order valence-corrected chi connectivity index (χ1v) is 11.3. The zero-order valence-electron chi connectivity index (χ0n) is 19.2. The number of nitrogens with one attached hydrogen (secondary N) is 1. The van der Waals surface area contributed by atoms with Crippen molar-refractivity contribution in [2.24, 2.45) is 5.92 Å². The molecule has 1 saturated heterocycles. The van der Waals surface area contributed by atoms with Gasteiger partial charge in [-0.1, -0.05) is 56.3 Å². The smallest absolute Gasteiger partial charge is 0.325 e. The van der Waals surface area contributed by atoms with Crippen molar-refractivity contribution in [2.45, 2.75) is 45.1 Å². The van der Waals surface area contributed by atoms with Crippen molar-refractivity contribution in [3.8, 4) is 5.75 Å². The molecule has 2 N–H and O–H groups in total. The number of benzene rings is 2. The average molecular weight is 439 g/mol. The second-order valence-corrected chi connectivity index (χ2v) is 8.84. The van der Waals surface area contributed by atoms with Crippen LogP contribution >= 0.6 is 0 Å². The van der Waals surface area contributed by atoms with Crippen molar-refractivity contribution in [1.82, 2.24) is 10.2 Å². The van der Waals surface area contributed by atoms with Crippen LogP contribution in [-0.2, 0) is 26.2 Å². The van der Waals surface area contributed by atoms with Crippen molar-refractivity contribution >= 4 is 11.9 Å². The number of rotatable bonds is 8. The monoisotopic (exact) mass is 438 g/mol. The molecule has 2 aromatic rings. The van der Waals surface area contributed by atoms with Crippen LogP contribution in [0.15, 0.2) is 54.6 Å². The number of carbonyl (C=O) groups excluding carboxylic acids is 2. The molecule has 0 aromatic heterocycles. The molecule has 6 nitrogen and oxygen atoms in total. The minimum Gasteiger partial charge on any atom is -0.508 e. The molecule has 2 aromatic carbocycles. The maximum atomic E-state index is 13.1. The van der Waals surface area contributed by atoms with Crippen LogP contribution in [0.2, 0.25) is 0 Å². The van der Waals surface area contributed by atoms with Crippen molar-refractivity contribution in [1.29, 1.82) is 0 Å². The maximum absolute atomic E-state index is 13.1. The zero-order valence-corrected chi connectivity index (χ0v) is 19.2. The molecule has 1 fully saturated rings. The van der Waals surface area contributed by atoms with E-state index in [0.29, 0.717) is 13.0 Å². The summed E-state index contributed by atoms with van der Waals surface area (Å²) >= 11 is 0. The van der Waals surface area contributed by atoms with E-state index in [1.807, 2.05) is 42.5 Å². The predicted molar refractivity (Wildman–Crippen MR) is 124 cm³/mol. The number of piperidine rings is 1. The van der Waals surface area contributed by atoms with E-state index in [0.717, 1.165) is 30.6 Å². The second kappa shape index (κ2) is 10.6. The Kier molecular flexibility index (Phi) is 7.91. The quantitative estimate of drug-likeness (QED) is 0.619. The summed E-state index contributed by atoms with van der Waals surface area (Å²) in [6.45, 7) is 7.85. The summed E-state index contributed by atoms with van der Waals surface area (Å²) in [7, 11) is 0. The number of hydrogen-bond donors (Lipinski definition) is 2. The van der Waals surface area contributed by atoms with Gasteiger partial charge in [0.05, 0.1) is 12.6 Å². The number of likely N-dealkylation sites (tertiary alicyclic amines) is 1. The van der Waals surface area contributed by atoms with Crippen LogP contribution in [0, 0.1) is 5.92 Å². The Bertz CT molecular complexity index is 917. The third-order valence-corrected chi connectivity index (χ3v) is 6.75. The summed E-state index contributed by atoms with van der Waals surface area (Å²) in [6.07, 6.45) is 1.44. The highest BCUT2D eigenvalue weighted by molar-refractivity contribution is 5.86. The normalized spacial score (nSPS) is 22.2. The Balaban J connectivity index is 1.76. The summed E-state index contributed by atoms with van der Waals surface area (Å²) in [6, 6.07) is 17.1. The fourth-order valence-electron chi connectivity index (χ4n) is 4.55. The van der Waals surface area contributed by atoms with Crippen LogP contribution in [0.5, 0.6) is 5.75 Å². The fraction of sp³-hybridized carbons (Fsp3) is 0.462. The molecule has 1 heterocycles. The molecule has 0 saturated carbocycles. The topological polar surface area (TPSA) is 78.9 Å². The van der Waals surface area contributed by atoms with Gasteiger partial charge in [0.2, 0.25) is 5.91 Å². The summed E-state index contributed by atoms with van der Waals surface area (Å²) in [4.78, 5) is 27.1. The van der Waals surface area contributed by atoms with Crippen molar-refractivity contribution in [3.63, 3.8) is 0 Å². The number of ether oxygens (including phenoxy) is 1. The van der Waals surface area contributed by atoms with Crippen molar-refractivity contribution < 1.29 is 19.4 Å². The lowest BCUT2D eigenvalue weighted by Gasteiger charge is -2.47. The number of phenolic OH excluding ortho intramolecular Hbond substituents is 1. The molecule has 172 valence electrons. The SMILES string of the molecule is CCOC(=O)CNC(=O)C(Cc1ccccc1)N1CCC(C)(c2cccc(O)c2)C(C)C1. The molecule has 1 aliphatic heterocycles. The molecule has 3 rings (SSSR count). The first-order chi connectivity index (χ1) is 15.3. The molecule has 0 bridgehead atoms. The lowest BCUT2D eigenvalue weighted by atomic mass is 9.67. The van der Waals surface area contributed by atoms with Gasteiger partial charge in [0.1, 0.15) is 12.3 Å². The molecular formula is C26H34N2O4. The molecular weight excluding hydrogens is 404 g/mol. The number of amides is 1. The molecule has 3 unspecified atom stereocenters. The van der Waals surface area contributed by atoms with E-state index in [1.165, 1.54) is 0 Å². The minimum atomic E-state index is -0.428. The Morgan fingerprint density at radius 3 is 2.62 bits per heavy atom. The zero-order chi connectivity index (χ0) is 23.1. The highest BCUT2D eigenvalue weighted by atomic mass is 16.5. The molecule has 3 atom stereocenters. The summed E-state index contributed by atoms with van der Waals surface area (Å²) in [5.41, 5.74) is 2.11. The van der Waals surface area contributed by atoms with Crippen molar-refractivity contribution in [3.05, 3.63) is 65.7 Å². The Morgan fingerprint density at radius 2 is 1.97 bits per heavy atom. The lowest BCUT2D eigenvalue weighted by Crippen LogP contribution is -2.56. The van der Waals surface area contributed by atoms with Crippen LogP contribution in [0.1, 0.15) is 38.3 Å². The Morgan fingerprint density at radius 1 is 1.22 bits per heavy atom. The third-order valence-electron chi connectivity index (χ3n) is 6.75. The van der Waals surface area contributed by atoms with Gasteiger partial charge in [-0.05, 0) is 60.9 Å². The summed E-state index contributed by atoms with van der Waals surface area (Å²) in [5, 5.41) is 12.7. The molecule has 32 heavy (non-hydrogen) atoms. The molecule has 1 aliphatic rings. The van der Waals surface area contributed by atoms with E-state index in [4.69, 9.17) is 4.74 Å². The average Bonchev–Trinajstić information content (AvgIpc) is 2.79. The standard InChI is InChI=1S/C26H34N2O4/c1-4-32-24(30)17-27-25(31)23(15-20-9-6-5-7-10-20)28-14-13-26(3,19(2)18-28)21-11-8-12-22(29)16-21/h5-12,16,19,23,29H,4,13-15,17-18H2,1-3H3,(H,27,31). The first kappa shape index (κ1) is 23.8. The van der Waals surface area contributed by atoms with E-state index in [9.17, 15) is 14.7 Å². The second-order valence-electron chi connectivity index (χ2n) is 8.84. The number of esters is 1. The summed E-state index contributed by atoms with van der Waals surface area (Å²) in [5.74, 6) is -0.0364. The number of hydrogen-bond acceptors (Lipinski definition) is 5. The van der Waals surface area contributed by atoms with E-state index < -0.39 is 5.97 Å². The number of aromatic hydroxyl groups is 1. The van der Waals surface area contributed by atoms with Crippen LogP contribution in [0.4, 0.5) is 0 Å². The van der Waals surface area contributed by atoms with Gasteiger partial charge in [-0.2, -0.15) is 0 Å². The Hall–Kier alpha value is -2.86. The largest absolute Gasteiger partial charge is 0.508 e. The van der Waals surface area contributed by atoms with Crippen LogP contribution in [-0.4, -0.2) is 54.2 Å². The van der Waals surface area contributed by atoms with E-state index in [1.54, 1.807) is 13.0 Å². The fourth-order valence-corrected chi connectivity index (χ4v) is 4.55. The molecule has 0 spiro atoms. The van der Waals surface area contributed by atoms with Gasteiger partial charge in [0.15, 0.2) is 0 Å². The number of nitrogens with zero attached hydrogens (tertiary/aromatic N) is 1. The third kappa shape index (κ3) is 5.68. The minimum absolute atomic E-state index is 0.0893. The predicted octanol–water partition coefficient (Wildman–Crippen LogP) is 3.28. The van der Waals surface area contributed by atoms with Gasteiger partial charge in [0.25, 0.3) is 0 Å². The van der Waals surface area contributed by atoms with Crippen LogP contribution < -0.4 is 5.32 Å². The number of phenols is 1. The van der Waals surface area contributed by atoms with Gasteiger partial charge in [0, 0.05) is 6.54 Å². The highest BCUT2D eigenvalue weighted by Gasteiger charge is 2.41. The highest BCUT2D eigenvalue weighted by Crippen LogP contribution is 2.40. The van der Waals surface area contributed by atoms with Gasteiger partial charge in [-0.3, -0.25) is 14.5 Å². The van der Waals surface area contributed by atoms with Gasteiger partial charge in [-0.25, -0.2) is 0 Å². The molecule has 6 heteroatoms. The first-order valence-electron chi connectivity index (χ1n) is 11.3. The van der Waals surface area contributed by atoms with E-state index >= 15 is 0 Å². The number of carbonyl (C=O) groups is 2. The lowest BCUT2D eigenvalue weighted by molar-refractivity contribution is -0.144. The van der Waals surface area contributed by atoms with E-state index in [-0.39, 0.29) is 35.6 Å².